The molecule has 106 valence electrons. The van der Waals surface area contributed by atoms with E-state index in [0.717, 1.165) is 19.5 Å². The Kier molecular flexibility index (Phi) is 3.91. The van der Waals surface area contributed by atoms with Crippen molar-refractivity contribution in [1.82, 2.24) is 4.90 Å². The van der Waals surface area contributed by atoms with Crippen LogP contribution >= 0.6 is 0 Å². The smallest absolute Gasteiger partial charge is 0.115 e. The first-order valence-corrected chi connectivity index (χ1v) is 7.35. The van der Waals surface area contributed by atoms with E-state index in [9.17, 15) is 5.11 Å². The second-order valence-electron chi connectivity index (χ2n) is 7.02. The molecule has 19 heavy (non-hydrogen) atoms. The summed E-state index contributed by atoms with van der Waals surface area (Å²) in [7, 11) is 2.22. The highest BCUT2D eigenvalue weighted by atomic mass is 16.3. The second kappa shape index (κ2) is 5.16. The first-order chi connectivity index (χ1) is 8.87. The number of hydrogen-bond acceptors (Lipinski definition) is 2. The van der Waals surface area contributed by atoms with Crippen LogP contribution < -0.4 is 0 Å². The maximum Gasteiger partial charge on any atom is 0.115 e. The molecule has 1 heterocycles. The largest absolute Gasteiger partial charge is 0.508 e. The lowest BCUT2D eigenvalue weighted by Gasteiger charge is -2.35. The zero-order chi connectivity index (χ0) is 14.1. The zero-order valence-corrected chi connectivity index (χ0v) is 12.7. The van der Waals surface area contributed by atoms with Crippen LogP contribution in [-0.2, 0) is 5.41 Å². The van der Waals surface area contributed by atoms with Crippen molar-refractivity contribution in [2.75, 3.05) is 20.1 Å². The molecule has 1 atom stereocenters. The summed E-state index contributed by atoms with van der Waals surface area (Å²) in [5, 5.41) is 9.78. The Balaban J connectivity index is 2.37. The van der Waals surface area contributed by atoms with Gasteiger partial charge in [0.15, 0.2) is 0 Å². The molecule has 1 aliphatic rings. The monoisotopic (exact) mass is 261 g/mol. The summed E-state index contributed by atoms with van der Waals surface area (Å²) in [5.41, 5.74) is 1.85. The fraction of sp³-hybridized carbons (Fsp3) is 0.647. The molecule has 0 bridgehead atoms. The number of phenols is 1. The Hall–Kier alpha value is -1.02. The normalized spacial score (nSPS) is 28.0. The predicted molar refractivity (Wildman–Crippen MR) is 80.6 cm³/mol. The van der Waals surface area contributed by atoms with E-state index in [-0.39, 0.29) is 5.41 Å². The molecule has 1 saturated heterocycles. The van der Waals surface area contributed by atoms with Gasteiger partial charge >= 0.3 is 0 Å². The molecule has 0 radical (unpaired) electrons. The third kappa shape index (κ3) is 3.11. The summed E-state index contributed by atoms with van der Waals surface area (Å²) >= 11 is 0. The molecule has 1 N–H and O–H groups in total. The van der Waals surface area contributed by atoms with Crippen LogP contribution in [0.25, 0.3) is 0 Å². The summed E-state index contributed by atoms with van der Waals surface area (Å²) < 4.78 is 0. The summed E-state index contributed by atoms with van der Waals surface area (Å²) in [6.07, 6.45) is 3.56. The first kappa shape index (κ1) is 14.4. The highest BCUT2D eigenvalue weighted by Crippen LogP contribution is 2.41. The molecule has 2 nitrogen and oxygen atoms in total. The Labute approximate surface area is 117 Å². The third-order valence-electron chi connectivity index (χ3n) is 4.69. The highest BCUT2D eigenvalue weighted by molar-refractivity contribution is 5.33. The van der Waals surface area contributed by atoms with Crippen LogP contribution in [0.1, 0.15) is 45.6 Å². The van der Waals surface area contributed by atoms with Gasteiger partial charge in [0.2, 0.25) is 0 Å². The van der Waals surface area contributed by atoms with Crippen molar-refractivity contribution in [1.29, 1.82) is 0 Å². The average molecular weight is 261 g/mol. The zero-order valence-electron chi connectivity index (χ0n) is 12.7. The van der Waals surface area contributed by atoms with Crippen molar-refractivity contribution in [2.24, 2.45) is 5.41 Å². The van der Waals surface area contributed by atoms with Gasteiger partial charge in [-0.05, 0) is 49.4 Å². The number of likely N-dealkylation sites (tertiary alicyclic amines) is 1. The molecule has 0 aliphatic carbocycles. The van der Waals surface area contributed by atoms with Gasteiger partial charge in [-0.1, -0.05) is 32.9 Å². The highest BCUT2D eigenvalue weighted by Gasteiger charge is 2.37. The summed E-state index contributed by atoms with van der Waals surface area (Å²) in [5.74, 6) is 0.386. The predicted octanol–water partition coefficient (Wildman–Crippen LogP) is 3.79. The molecule has 0 saturated carbocycles. The van der Waals surface area contributed by atoms with Crippen LogP contribution in [0.4, 0.5) is 0 Å². The summed E-state index contributed by atoms with van der Waals surface area (Å²) in [6, 6.07) is 7.86. The summed E-state index contributed by atoms with van der Waals surface area (Å²) in [4.78, 5) is 2.46. The van der Waals surface area contributed by atoms with Gasteiger partial charge in [-0.15, -0.1) is 0 Å². The Morgan fingerprint density at radius 3 is 2.58 bits per heavy atom. The minimum atomic E-state index is 0.182. The van der Waals surface area contributed by atoms with Crippen LogP contribution in [0.15, 0.2) is 24.3 Å². The molecule has 0 aromatic heterocycles. The van der Waals surface area contributed by atoms with Crippen LogP contribution in [0.2, 0.25) is 0 Å². The Morgan fingerprint density at radius 1 is 1.21 bits per heavy atom. The van der Waals surface area contributed by atoms with Crippen molar-refractivity contribution in [3.63, 3.8) is 0 Å². The second-order valence-corrected chi connectivity index (χ2v) is 7.02. The average Bonchev–Trinajstić information content (AvgIpc) is 2.45. The molecule has 1 aliphatic heterocycles. The quantitative estimate of drug-likeness (QED) is 0.875. The van der Waals surface area contributed by atoms with Crippen molar-refractivity contribution >= 4 is 0 Å². The lowest BCUT2D eigenvalue weighted by Crippen LogP contribution is -2.38. The number of hydrogen-bond donors (Lipinski definition) is 1. The fourth-order valence-corrected chi connectivity index (χ4v) is 3.60. The van der Waals surface area contributed by atoms with Gasteiger partial charge in [-0.2, -0.15) is 0 Å². The molecular formula is C17H27NO. The van der Waals surface area contributed by atoms with Gasteiger partial charge in [0.05, 0.1) is 0 Å². The number of likely N-dealkylation sites (N-methyl/N-ethyl adjacent to an activating group) is 1. The van der Waals surface area contributed by atoms with E-state index in [1.165, 1.54) is 18.4 Å². The molecule has 1 fully saturated rings. The van der Waals surface area contributed by atoms with Crippen molar-refractivity contribution < 1.29 is 5.11 Å². The van der Waals surface area contributed by atoms with E-state index < -0.39 is 0 Å². The third-order valence-corrected chi connectivity index (χ3v) is 4.69. The minimum Gasteiger partial charge on any atom is -0.508 e. The van der Waals surface area contributed by atoms with Gasteiger partial charge in [-0.25, -0.2) is 0 Å². The molecule has 2 heteroatoms. The number of benzene rings is 1. The topological polar surface area (TPSA) is 23.5 Å². The Bertz CT molecular complexity index is 441. The SMILES string of the molecule is CCC1(c2cccc(O)c2)CCC(C)(C)CN(C)C1. The van der Waals surface area contributed by atoms with E-state index >= 15 is 0 Å². The van der Waals surface area contributed by atoms with E-state index in [1.54, 1.807) is 6.07 Å². The molecular weight excluding hydrogens is 234 g/mol. The standard InChI is InChI=1S/C17H27NO/c1-5-17(14-7-6-8-15(19)11-14)10-9-16(2,3)12-18(4)13-17/h6-8,11,19H,5,9-10,12-13H2,1-4H3. The van der Waals surface area contributed by atoms with E-state index in [0.29, 0.717) is 11.2 Å². The maximum atomic E-state index is 9.78. The maximum absolute atomic E-state index is 9.78. The van der Waals surface area contributed by atoms with Gasteiger partial charge in [0.25, 0.3) is 0 Å². The molecule has 1 aromatic carbocycles. The molecule has 0 spiro atoms. The molecule has 1 unspecified atom stereocenters. The van der Waals surface area contributed by atoms with E-state index in [1.807, 2.05) is 12.1 Å². The van der Waals surface area contributed by atoms with Crippen molar-refractivity contribution in [3.8, 4) is 5.75 Å². The van der Waals surface area contributed by atoms with Gasteiger partial charge in [0.1, 0.15) is 5.75 Å². The Morgan fingerprint density at radius 2 is 1.95 bits per heavy atom. The van der Waals surface area contributed by atoms with Crippen LogP contribution in [0, 0.1) is 5.41 Å². The minimum absolute atomic E-state index is 0.182. The van der Waals surface area contributed by atoms with E-state index in [2.05, 4.69) is 38.8 Å². The first-order valence-electron chi connectivity index (χ1n) is 7.35. The van der Waals surface area contributed by atoms with E-state index in [4.69, 9.17) is 0 Å². The van der Waals surface area contributed by atoms with Crippen LogP contribution in [0.3, 0.4) is 0 Å². The molecule has 0 amide bonds. The number of aromatic hydroxyl groups is 1. The van der Waals surface area contributed by atoms with Gasteiger partial charge < -0.3 is 10.0 Å². The number of nitrogens with zero attached hydrogens (tertiary/aromatic N) is 1. The molecule has 1 aromatic rings. The number of rotatable bonds is 2. The lowest BCUT2D eigenvalue weighted by atomic mass is 9.72. The number of phenolic OH excluding ortho intramolecular Hbond substituents is 1. The fourth-order valence-electron chi connectivity index (χ4n) is 3.60. The lowest BCUT2D eigenvalue weighted by molar-refractivity contribution is 0.214. The van der Waals surface area contributed by atoms with Crippen molar-refractivity contribution in [3.05, 3.63) is 29.8 Å². The van der Waals surface area contributed by atoms with Gasteiger partial charge in [-0.3, -0.25) is 0 Å². The van der Waals surface area contributed by atoms with Crippen molar-refractivity contribution in [2.45, 2.75) is 45.4 Å². The van der Waals surface area contributed by atoms with Gasteiger partial charge in [0, 0.05) is 18.5 Å². The van der Waals surface area contributed by atoms with Crippen LogP contribution in [0.5, 0.6) is 5.75 Å². The summed E-state index contributed by atoms with van der Waals surface area (Å²) in [6.45, 7) is 9.22. The van der Waals surface area contributed by atoms with Crippen LogP contribution in [-0.4, -0.2) is 30.1 Å². The molecule has 2 rings (SSSR count).